The normalized spacial score (nSPS) is 16.5. The lowest BCUT2D eigenvalue weighted by Gasteiger charge is -2.32. The summed E-state index contributed by atoms with van der Waals surface area (Å²) in [4.78, 5) is 2.39. The Labute approximate surface area is 136 Å². The second-order valence-corrected chi connectivity index (χ2v) is 5.81. The number of halogens is 1. The van der Waals surface area contributed by atoms with Crippen molar-refractivity contribution in [1.82, 2.24) is 9.91 Å². The van der Waals surface area contributed by atoms with Crippen LogP contribution in [-0.4, -0.2) is 42.3 Å². The topological polar surface area (TPSA) is 32.0 Å². The molecule has 1 aliphatic rings. The average Bonchev–Trinajstić information content (AvgIpc) is 2.99. The van der Waals surface area contributed by atoms with Gasteiger partial charge in [0.15, 0.2) is 0 Å². The molecule has 0 aliphatic carbocycles. The van der Waals surface area contributed by atoms with Crippen molar-refractivity contribution in [3.63, 3.8) is 0 Å². The zero-order valence-electron chi connectivity index (χ0n) is 12.7. The number of rotatable bonds is 4. The van der Waals surface area contributed by atoms with E-state index in [9.17, 15) is 0 Å². The summed E-state index contributed by atoms with van der Waals surface area (Å²) in [6, 6.07) is 11.8. The van der Waals surface area contributed by atoms with E-state index in [0.717, 1.165) is 54.8 Å². The van der Waals surface area contributed by atoms with Gasteiger partial charge >= 0.3 is 0 Å². The Morgan fingerprint density at radius 1 is 1.09 bits per heavy atom. The van der Waals surface area contributed by atoms with Crippen molar-refractivity contribution in [2.75, 3.05) is 26.2 Å². The van der Waals surface area contributed by atoms with Crippen molar-refractivity contribution in [2.45, 2.75) is 13.5 Å². The van der Waals surface area contributed by atoms with Crippen molar-refractivity contribution >= 4 is 17.8 Å². The molecule has 4 nitrogen and oxygen atoms in total. The van der Waals surface area contributed by atoms with Gasteiger partial charge < -0.3 is 4.42 Å². The fraction of sp³-hybridized carbons (Fsp3) is 0.353. The van der Waals surface area contributed by atoms with E-state index in [0.29, 0.717) is 0 Å². The van der Waals surface area contributed by atoms with Crippen LogP contribution in [0.25, 0.3) is 11.3 Å². The van der Waals surface area contributed by atoms with Crippen LogP contribution in [0.5, 0.6) is 0 Å². The molecule has 0 saturated carbocycles. The van der Waals surface area contributed by atoms with E-state index in [1.807, 2.05) is 43.5 Å². The summed E-state index contributed by atoms with van der Waals surface area (Å²) in [5, 5.41) is 7.17. The average molecular weight is 318 g/mol. The lowest BCUT2D eigenvalue weighted by Crippen LogP contribution is -2.43. The Morgan fingerprint density at radius 3 is 2.50 bits per heavy atom. The van der Waals surface area contributed by atoms with Crippen LogP contribution in [0.3, 0.4) is 0 Å². The minimum atomic E-state index is 0.739. The number of hydrogen-bond donors (Lipinski definition) is 0. The first-order valence-electron chi connectivity index (χ1n) is 7.55. The molecule has 1 aromatic carbocycles. The summed E-state index contributed by atoms with van der Waals surface area (Å²) in [7, 11) is 0. The molecule has 0 unspecified atom stereocenters. The van der Waals surface area contributed by atoms with Gasteiger partial charge in [-0.15, -0.1) is 0 Å². The molecule has 0 bridgehead atoms. The van der Waals surface area contributed by atoms with Gasteiger partial charge in [-0.05, 0) is 43.3 Å². The third-order valence-electron chi connectivity index (χ3n) is 3.80. The van der Waals surface area contributed by atoms with Crippen LogP contribution in [0.15, 0.2) is 45.9 Å². The van der Waals surface area contributed by atoms with E-state index >= 15 is 0 Å². The summed E-state index contributed by atoms with van der Waals surface area (Å²) >= 11 is 5.92. The fourth-order valence-corrected chi connectivity index (χ4v) is 2.75. The van der Waals surface area contributed by atoms with Crippen molar-refractivity contribution < 1.29 is 4.42 Å². The molecule has 3 rings (SSSR count). The van der Waals surface area contributed by atoms with Gasteiger partial charge in [-0.2, -0.15) is 5.10 Å². The van der Waals surface area contributed by atoms with Crippen LogP contribution in [0.1, 0.15) is 12.7 Å². The molecule has 0 N–H and O–H groups in total. The number of hydrogen-bond acceptors (Lipinski definition) is 4. The molecule has 1 aliphatic heterocycles. The maximum Gasteiger partial charge on any atom is 0.134 e. The first-order valence-corrected chi connectivity index (χ1v) is 7.93. The van der Waals surface area contributed by atoms with Gasteiger partial charge in [0, 0.05) is 43.0 Å². The molecule has 2 heterocycles. The molecule has 1 aromatic heterocycles. The van der Waals surface area contributed by atoms with Gasteiger partial charge in [0.1, 0.15) is 11.5 Å². The third-order valence-corrected chi connectivity index (χ3v) is 4.05. The van der Waals surface area contributed by atoms with Gasteiger partial charge in [-0.25, -0.2) is 0 Å². The third kappa shape index (κ3) is 3.70. The van der Waals surface area contributed by atoms with Gasteiger partial charge in [0.25, 0.3) is 0 Å². The number of hydrazone groups is 1. The van der Waals surface area contributed by atoms with E-state index in [2.05, 4.69) is 21.1 Å². The highest BCUT2D eigenvalue weighted by atomic mass is 35.5. The van der Waals surface area contributed by atoms with Gasteiger partial charge in [0.05, 0.1) is 6.54 Å². The molecule has 0 spiro atoms. The monoisotopic (exact) mass is 317 g/mol. The Hall–Kier alpha value is -1.78. The van der Waals surface area contributed by atoms with E-state index < -0.39 is 0 Å². The van der Waals surface area contributed by atoms with Crippen LogP contribution in [0.2, 0.25) is 5.02 Å². The highest BCUT2D eigenvalue weighted by Gasteiger charge is 2.16. The van der Waals surface area contributed by atoms with Crippen molar-refractivity contribution in [3.8, 4) is 11.3 Å². The molecule has 5 heteroatoms. The predicted octanol–water partition coefficient (Wildman–Crippen LogP) is 3.72. The van der Waals surface area contributed by atoms with Crippen molar-refractivity contribution in [2.24, 2.45) is 5.10 Å². The molecule has 1 saturated heterocycles. The smallest absolute Gasteiger partial charge is 0.134 e. The van der Waals surface area contributed by atoms with Crippen LogP contribution in [0, 0.1) is 0 Å². The summed E-state index contributed by atoms with van der Waals surface area (Å²) < 4.78 is 5.96. The molecular weight excluding hydrogens is 298 g/mol. The first kappa shape index (κ1) is 15.1. The standard InChI is InChI=1S/C17H20ClN3O/c1-2-19-21-11-9-20(10-12-21)13-16-7-8-17(22-16)14-3-5-15(18)6-4-14/h2-8H,9-13H2,1H3/b19-2-. The maximum absolute atomic E-state index is 5.96. The molecule has 22 heavy (non-hydrogen) atoms. The van der Waals surface area contributed by atoms with Crippen LogP contribution < -0.4 is 0 Å². The molecule has 1 fully saturated rings. The molecule has 116 valence electrons. The Kier molecular flexibility index (Phi) is 4.80. The van der Waals surface area contributed by atoms with Gasteiger partial charge in [-0.3, -0.25) is 9.91 Å². The molecule has 0 atom stereocenters. The highest BCUT2D eigenvalue weighted by Crippen LogP contribution is 2.24. The van der Waals surface area contributed by atoms with Crippen molar-refractivity contribution in [1.29, 1.82) is 0 Å². The zero-order chi connectivity index (χ0) is 15.4. The van der Waals surface area contributed by atoms with Gasteiger partial charge in [-0.1, -0.05) is 11.6 Å². The largest absolute Gasteiger partial charge is 0.460 e. The van der Waals surface area contributed by atoms with Gasteiger partial charge in [0.2, 0.25) is 0 Å². The fourth-order valence-electron chi connectivity index (χ4n) is 2.63. The predicted molar refractivity (Wildman–Crippen MR) is 90.2 cm³/mol. The summed E-state index contributed by atoms with van der Waals surface area (Å²) in [5.74, 6) is 1.89. The Balaban J connectivity index is 1.59. The summed E-state index contributed by atoms with van der Waals surface area (Å²) in [6.45, 7) is 6.75. The minimum Gasteiger partial charge on any atom is -0.460 e. The second-order valence-electron chi connectivity index (χ2n) is 5.38. The number of benzene rings is 1. The van der Waals surface area contributed by atoms with E-state index in [1.54, 1.807) is 0 Å². The Bertz CT molecular complexity index is 628. The minimum absolute atomic E-state index is 0.739. The first-order chi connectivity index (χ1) is 10.7. The molecule has 0 amide bonds. The molecule has 2 aromatic rings. The summed E-state index contributed by atoms with van der Waals surface area (Å²) in [6.07, 6.45) is 1.85. The Morgan fingerprint density at radius 2 is 1.82 bits per heavy atom. The van der Waals surface area contributed by atoms with Crippen LogP contribution in [0.4, 0.5) is 0 Å². The van der Waals surface area contributed by atoms with E-state index in [-0.39, 0.29) is 0 Å². The molecule has 0 radical (unpaired) electrons. The van der Waals surface area contributed by atoms with Crippen LogP contribution >= 0.6 is 11.6 Å². The lowest BCUT2D eigenvalue weighted by molar-refractivity contribution is 0.125. The second kappa shape index (κ2) is 6.99. The lowest BCUT2D eigenvalue weighted by atomic mass is 10.2. The number of piperazine rings is 1. The summed E-state index contributed by atoms with van der Waals surface area (Å²) in [5.41, 5.74) is 1.05. The maximum atomic E-state index is 5.96. The number of furan rings is 1. The molecular formula is C17H20ClN3O. The quantitative estimate of drug-likeness (QED) is 0.805. The SMILES string of the molecule is C/C=N\N1CCN(Cc2ccc(-c3ccc(Cl)cc3)o2)CC1. The van der Waals surface area contributed by atoms with E-state index in [4.69, 9.17) is 16.0 Å². The van der Waals surface area contributed by atoms with E-state index in [1.165, 1.54) is 0 Å². The van der Waals surface area contributed by atoms with Crippen molar-refractivity contribution in [3.05, 3.63) is 47.2 Å². The van der Waals surface area contributed by atoms with Crippen LogP contribution in [-0.2, 0) is 6.54 Å². The number of nitrogens with zero attached hydrogens (tertiary/aromatic N) is 3. The highest BCUT2D eigenvalue weighted by molar-refractivity contribution is 6.30. The zero-order valence-corrected chi connectivity index (χ0v) is 13.5.